The van der Waals surface area contributed by atoms with Crippen LogP contribution in [0.25, 0.3) is 0 Å². The van der Waals surface area contributed by atoms with Crippen LogP contribution in [-0.4, -0.2) is 25.2 Å². The van der Waals surface area contributed by atoms with E-state index in [2.05, 4.69) is 29.6 Å². The molecule has 0 radical (unpaired) electrons. The van der Waals surface area contributed by atoms with Crippen molar-refractivity contribution < 1.29 is 9.53 Å². The third kappa shape index (κ3) is 4.68. The fourth-order valence-electron chi connectivity index (χ4n) is 3.27. The molecule has 0 aliphatic carbocycles. The van der Waals surface area contributed by atoms with Crippen LogP contribution in [-0.2, 0) is 9.53 Å². The Morgan fingerprint density at radius 1 is 1.04 bits per heavy atom. The molecule has 2 aromatic rings. The van der Waals surface area contributed by atoms with Gasteiger partial charge in [0.1, 0.15) is 0 Å². The Labute approximate surface area is 144 Å². The molecule has 1 atom stereocenters. The number of hydrogen-bond acceptors (Lipinski definition) is 2. The molecular formula is C21H25NO2. The van der Waals surface area contributed by atoms with Crippen LogP contribution >= 0.6 is 0 Å². The van der Waals surface area contributed by atoms with Crippen LogP contribution in [0.5, 0.6) is 0 Å². The lowest BCUT2D eigenvalue weighted by molar-refractivity contribution is -0.121. The van der Waals surface area contributed by atoms with Gasteiger partial charge in [-0.1, -0.05) is 60.7 Å². The topological polar surface area (TPSA) is 38.3 Å². The van der Waals surface area contributed by atoms with E-state index >= 15 is 0 Å². The molecule has 0 aromatic heterocycles. The molecule has 0 spiro atoms. The number of carbonyl (C=O) groups excluding carboxylic acids is 1. The van der Waals surface area contributed by atoms with Crippen LogP contribution in [0.1, 0.15) is 42.7 Å². The Morgan fingerprint density at radius 2 is 1.67 bits per heavy atom. The molecule has 0 saturated carbocycles. The highest BCUT2D eigenvalue weighted by Crippen LogP contribution is 2.24. The molecular weight excluding hydrogens is 298 g/mol. The fourth-order valence-corrected chi connectivity index (χ4v) is 3.27. The van der Waals surface area contributed by atoms with Gasteiger partial charge < -0.3 is 10.1 Å². The molecule has 0 bridgehead atoms. The van der Waals surface area contributed by atoms with Gasteiger partial charge >= 0.3 is 0 Å². The van der Waals surface area contributed by atoms with E-state index in [4.69, 9.17) is 4.74 Å². The zero-order chi connectivity index (χ0) is 16.6. The molecule has 2 aromatic carbocycles. The van der Waals surface area contributed by atoms with Crippen LogP contribution in [0.4, 0.5) is 0 Å². The zero-order valence-corrected chi connectivity index (χ0v) is 14.0. The summed E-state index contributed by atoms with van der Waals surface area (Å²) in [6.07, 6.45) is 3.85. The van der Waals surface area contributed by atoms with Gasteiger partial charge in [0.2, 0.25) is 5.91 Å². The summed E-state index contributed by atoms with van der Waals surface area (Å²) >= 11 is 0. The Kier molecular flexibility index (Phi) is 6.02. The second-order valence-electron chi connectivity index (χ2n) is 6.35. The lowest BCUT2D eigenvalue weighted by atomic mass is 9.91. The Morgan fingerprint density at radius 3 is 2.21 bits per heavy atom. The van der Waals surface area contributed by atoms with E-state index in [1.165, 1.54) is 11.1 Å². The minimum Gasteiger partial charge on any atom is -0.378 e. The lowest BCUT2D eigenvalue weighted by Gasteiger charge is -2.19. The lowest BCUT2D eigenvalue weighted by Crippen LogP contribution is -2.29. The molecule has 1 aliphatic heterocycles. The van der Waals surface area contributed by atoms with Gasteiger partial charge in [0.25, 0.3) is 0 Å². The van der Waals surface area contributed by atoms with Crippen molar-refractivity contribution in [3.05, 3.63) is 71.8 Å². The van der Waals surface area contributed by atoms with E-state index in [0.717, 1.165) is 25.9 Å². The largest absolute Gasteiger partial charge is 0.378 e. The standard InChI is InChI=1S/C21H25NO2/c23-21(14-13-19-12-7-15-24-19)22-16-20(17-8-3-1-4-9-17)18-10-5-2-6-11-18/h1-6,8-11,19-20H,7,12-16H2,(H,22,23). The third-order valence-corrected chi connectivity index (χ3v) is 4.62. The summed E-state index contributed by atoms with van der Waals surface area (Å²) in [7, 11) is 0. The first-order valence-electron chi connectivity index (χ1n) is 8.81. The van der Waals surface area contributed by atoms with Gasteiger partial charge in [0, 0.05) is 25.5 Å². The first-order valence-corrected chi connectivity index (χ1v) is 8.81. The highest BCUT2D eigenvalue weighted by atomic mass is 16.5. The van der Waals surface area contributed by atoms with Crippen molar-refractivity contribution in [3.63, 3.8) is 0 Å². The fraction of sp³-hybridized carbons (Fsp3) is 0.381. The van der Waals surface area contributed by atoms with Gasteiger partial charge in [-0.2, -0.15) is 0 Å². The Hall–Kier alpha value is -2.13. The number of benzene rings is 2. The molecule has 1 heterocycles. The number of rotatable bonds is 7. The SMILES string of the molecule is O=C(CCC1CCCO1)NCC(c1ccccc1)c1ccccc1. The summed E-state index contributed by atoms with van der Waals surface area (Å²) in [5.74, 6) is 0.293. The van der Waals surface area contributed by atoms with E-state index in [1.807, 2.05) is 36.4 Å². The molecule has 1 unspecified atom stereocenters. The molecule has 3 rings (SSSR count). The summed E-state index contributed by atoms with van der Waals surface area (Å²) < 4.78 is 5.59. The Bertz CT molecular complexity index is 581. The number of ether oxygens (including phenoxy) is 1. The second-order valence-corrected chi connectivity index (χ2v) is 6.35. The molecule has 1 saturated heterocycles. The average molecular weight is 323 g/mol. The van der Waals surface area contributed by atoms with E-state index < -0.39 is 0 Å². The quantitative estimate of drug-likeness (QED) is 0.839. The molecule has 1 N–H and O–H groups in total. The summed E-state index contributed by atoms with van der Waals surface area (Å²) in [5, 5.41) is 3.11. The number of nitrogens with one attached hydrogen (secondary N) is 1. The number of hydrogen-bond donors (Lipinski definition) is 1. The van der Waals surface area contributed by atoms with Crippen molar-refractivity contribution in [2.24, 2.45) is 0 Å². The average Bonchev–Trinajstić information content (AvgIpc) is 3.16. The molecule has 3 heteroatoms. The van der Waals surface area contributed by atoms with Gasteiger partial charge in [0.15, 0.2) is 0 Å². The van der Waals surface area contributed by atoms with Crippen molar-refractivity contribution in [2.75, 3.05) is 13.2 Å². The van der Waals surface area contributed by atoms with Crippen LogP contribution in [0.3, 0.4) is 0 Å². The highest BCUT2D eigenvalue weighted by molar-refractivity contribution is 5.76. The maximum atomic E-state index is 12.2. The molecule has 1 aliphatic rings. The first kappa shape index (κ1) is 16.7. The van der Waals surface area contributed by atoms with Gasteiger partial charge in [-0.05, 0) is 30.4 Å². The molecule has 1 amide bonds. The summed E-state index contributed by atoms with van der Waals surface area (Å²) in [4.78, 5) is 12.2. The Balaban J connectivity index is 1.59. The van der Waals surface area contributed by atoms with Crippen LogP contribution in [0.2, 0.25) is 0 Å². The molecule has 126 valence electrons. The van der Waals surface area contributed by atoms with Crippen molar-refractivity contribution in [1.82, 2.24) is 5.32 Å². The van der Waals surface area contributed by atoms with Crippen molar-refractivity contribution in [1.29, 1.82) is 0 Å². The smallest absolute Gasteiger partial charge is 0.220 e. The number of carbonyl (C=O) groups is 1. The predicted molar refractivity (Wildman–Crippen MR) is 95.9 cm³/mol. The minimum atomic E-state index is 0.113. The van der Waals surface area contributed by atoms with Gasteiger partial charge in [0.05, 0.1) is 6.10 Å². The maximum absolute atomic E-state index is 12.2. The van der Waals surface area contributed by atoms with Crippen molar-refractivity contribution >= 4 is 5.91 Å². The van der Waals surface area contributed by atoms with Crippen LogP contribution in [0.15, 0.2) is 60.7 Å². The van der Waals surface area contributed by atoms with Crippen molar-refractivity contribution in [2.45, 2.75) is 37.7 Å². The van der Waals surface area contributed by atoms with Crippen LogP contribution in [0, 0.1) is 0 Å². The molecule has 1 fully saturated rings. The van der Waals surface area contributed by atoms with Gasteiger partial charge in [-0.15, -0.1) is 0 Å². The minimum absolute atomic E-state index is 0.113. The van der Waals surface area contributed by atoms with E-state index in [9.17, 15) is 4.79 Å². The second kappa shape index (κ2) is 8.65. The van der Waals surface area contributed by atoms with Crippen molar-refractivity contribution in [3.8, 4) is 0 Å². The number of amides is 1. The predicted octanol–water partition coefficient (Wildman–Crippen LogP) is 3.89. The summed E-state index contributed by atoms with van der Waals surface area (Å²) in [6, 6.07) is 20.7. The normalized spacial score (nSPS) is 17.1. The van der Waals surface area contributed by atoms with Gasteiger partial charge in [-0.25, -0.2) is 0 Å². The summed E-state index contributed by atoms with van der Waals surface area (Å²) in [6.45, 7) is 1.47. The first-order chi connectivity index (χ1) is 11.8. The van der Waals surface area contributed by atoms with Gasteiger partial charge in [-0.3, -0.25) is 4.79 Å². The van der Waals surface area contributed by atoms with E-state index in [-0.39, 0.29) is 17.9 Å². The third-order valence-electron chi connectivity index (χ3n) is 4.62. The molecule has 24 heavy (non-hydrogen) atoms. The van der Waals surface area contributed by atoms with E-state index in [0.29, 0.717) is 13.0 Å². The zero-order valence-electron chi connectivity index (χ0n) is 14.0. The monoisotopic (exact) mass is 323 g/mol. The highest BCUT2D eigenvalue weighted by Gasteiger charge is 2.18. The molecule has 3 nitrogen and oxygen atoms in total. The maximum Gasteiger partial charge on any atom is 0.220 e. The van der Waals surface area contributed by atoms with Crippen LogP contribution < -0.4 is 5.32 Å². The van der Waals surface area contributed by atoms with E-state index in [1.54, 1.807) is 0 Å². The summed E-state index contributed by atoms with van der Waals surface area (Å²) in [5.41, 5.74) is 2.45.